The zero-order valence-electron chi connectivity index (χ0n) is 19.6. The van der Waals surface area contributed by atoms with Crippen molar-refractivity contribution in [1.29, 1.82) is 0 Å². The van der Waals surface area contributed by atoms with Gasteiger partial charge in [0.2, 0.25) is 0 Å². The molecule has 2 aromatic carbocycles. The molecule has 1 unspecified atom stereocenters. The third-order valence-electron chi connectivity index (χ3n) is 5.82. The molecule has 3 aromatic rings. The van der Waals surface area contributed by atoms with E-state index in [1.165, 1.54) is 32.3 Å². The molecule has 10 heteroatoms. The number of hydrogen-bond acceptors (Lipinski definition) is 7. The van der Waals surface area contributed by atoms with Gasteiger partial charge in [-0.3, -0.25) is 14.6 Å². The van der Waals surface area contributed by atoms with Crippen LogP contribution in [0.4, 0.5) is 0 Å². The first-order valence-electron chi connectivity index (χ1n) is 10.7. The number of methoxy groups -OCH3 is 3. The molecule has 0 saturated carbocycles. The molecule has 0 aliphatic carbocycles. The molecule has 4 rings (SSSR count). The van der Waals surface area contributed by atoms with Crippen LogP contribution in [0.1, 0.15) is 22.9 Å². The Kier molecular flexibility index (Phi) is 7.37. The number of nitrogens with zero attached hydrogens (tertiary/aromatic N) is 2. The zero-order chi connectivity index (χ0) is 26.0. The summed E-state index contributed by atoms with van der Waals surface area (Å²) in [4.78, 5) is 32.2. The van der Waals surface area contributed by atoms with Crippen LogP contribution in [-0.4, -0.2) is 48.0 Å². The number of benzene rings is 2. The molecular formula is C26H22Cl2N2O6. The number of aromatic nitrogens is 1. The van der Waals surface area contributed by atoms with E-state index in [-0.39, 0.29) is 39.2 Å². The van der Waals surface area contributed by atoms with Gasteiger partial charge in [0.1, 0.15) is 16.5 Å². The van der Waals surface area contributed by atoms with E-state index in [0.717, 1.165) is 0 Å². The summed E-state index contributed by atoms with van der Waals surface area (Å²) in [6, 6.07) is 12.6. The third-order valence-corrected chi connectivity index (χ3v) is 6.45. The highest BCUT2D eigenvalue weighted by Gasteiger charge is 2.46. The smallest absolute Gasteiger partial charge is 0.296 e. The van der Waals surface area contributed by atoms with E-state index in [1.54, 1.807) is 48.7 Å². The van der Waals surface area contributed by atoms with Crippen LogP contribution in [0.3, 0.4) is 0 Å². The Bertz CT molecular complexity index is 1340. The van der Waals surface area contributed by atoms with Gasteiger partial charge in [0.15, 0.2) is 11.5 Å². The van der Waals surface area contributed by atoms with Crippen molar-refractivity contribution in [2.45, 2.75) is 12.6 Å². The Balaban J connectivity index is 1.94. The van der Waals surface area contributed by atoms with E-state index in [1.807, 2.05) is 0 Å². The molecule has 8 nitrogen and oxygen atoms in total. The van der Waals surface area contributed by atoms with Crippen molar-refractivity contribution in [3.8, 4) is 17.2 Å². The lowest BCUT2D eigenvalue weighted by molar-refractivity contribution is -0.140. The maximum atomic E-state index is 13.3. The molecule has 1 aliphatic heterocycles. The van der Waals surface area contributed by atoms with Crippen LogP contribution in [0.15, 0.2) is 60.3 Å². The normalized spacial score (nSPS) is 16.8. The summed E-state index contributed by atoms with van der Waals surface area (Å²) in [5.41, 5.74) is 1.06. The summed E-state index contributed by atoms with van der Waals surface area (Å²) in [5, 5.41) is 11.6. The van der Waals surface area contributed by atoms with Crippen LogP contribution in [0.5, 0.6) is 17.2 Å². The summed E-state index contributed by atoms with van der Waals surface area (Å²) in [6.07, 6.45) is 1.60. The van der Waals surface area contributed by atoms with Crippen molar-refractivity contribution in [2.75, 3.05) is 21.3 Å². The first kappa shape index (κ1) is 25.3. The van der Waals surface area contributed by atoms with Crippen molar-refractivity contribution in [3.63, 3.8) is 0 Å². The highest BCUT2D eigenvalue weighted by atomic mass is 35.5. The molecule has 0 bridgehead atoms. The Morgan fingerprint density at radius 3 is 2.28 bits per heavy atom. The number of ether oxygens (including phenoxy) is 3. The molecule has 1 atom stereocenters. The number of Topliss-reactive ketones (excluding diaryl/α,β-unsaturated/α-hetero) is 1. The summed E-state index contributed by atoms with van der Waals surface area (Å²) >= 11 is 12.7. The SMILES string of the molecule is COc1ccc(C2/C(=C(\O)c3cc(Cl)c(OC)c(Cl)c3OC)C(=O)C(=O)N2Cc2ccccn2)cc1. The van der Waals surface area contributed by atoms with Gasteiger partial charge in [0.25, 0.3) is 11.7 Å². The van der Waals surface area contributed by atoms with Gasteiger partial charge in [-0.2, -0.15) is 0 Å². The molecule has 36 heavy (non-hydrogen) atoms. The number of hydrogen-bond donors (Lipinski definition) is 1. The van der Waals surface area contributed by atoms with Crippen LogP contribution in [-0.2, 0) is 16.1 Å². The molecule has 2 heterocycles. The number of ketones is 1. The number of pyridine rings is 1. The molecule has 1 fully saturated rings. The van der Waals surface area contributed by atoms with Crippen molar-refractivity contribution in [1.82, 2.24) is 9.88 Å². The zero-order valence-corrected chi connectivity index (χ0v) is 21.1. The van der Waals surface area contributed by atoms with Crippen molar-refractivity contribution < 1.29 is 28.9 Å². The number of carbonyl (C=O) groups is 2. The van der Waals surface area contributed by atoms with Gasteiger partial charge in [-0.05, 0) is 35.9 Å². The summed E-state index contributed by atoms with van der Waals surface area (Å²) in [5.74, 6) is -1.35. The highest BCUT2D eigenvalue weighted by Crippen LogP contribution is 2.47. The second kappa shape index (κ2) is 10.5. The number of carbonyl (C=O) groups excluding carboxylic acids is 2. The maximum Gasteiger partial charge on any atom is 0.296 e. The lowest BCUT2D eigenvalue weighted by Gasteiger charge is -2.25. The summed E-state index contributed by atoms with van der Waals surface area (Å²) in [7, 11) is 4.27. The lowest BCUT2D eigenvalue weighted by atomic mass is 9.94. The molecule has 1 aliphatic rings. The van der Waals surface area contributed by atoms with E-state index in [2.05, 4.69) is 4.98 Å². The molecule has 1 amide bonds. The fraction of sp³-hybridized carbons (Fsp3) is 0.192. The van der Waals surface area contributed by atoms with Crippen molar-refractivity contribution in [2.24, 2.45) is 0 Å². The molecule has 1 saturated heterocycles. The van der Waals surface area contributed by atoms with E-state index in [0.29, 0.717) is 17.0 Å². The first-order valence-corrected chi connectivity index (χ1v) is 11.5. The molecule has 0 spiro atoms. The van der Waals surface area contributed by atoms with Crippen LogP contribution in [0, 0.1) is 0 Å². The van der Waals surface area contributed by atoms with Crippen LogP contribution in [0.2, 0.25) is 10.0 Å². The average Bonchev–Trinajstić information content (AvgIpc) is 3.13. The first-order chi connectivity index (χ1) is 17.3. The van der Waals surface area contributed by atoms with Gasteiger partial charge in [-0.1, -0.05) is 41.4 Å². The van der Waals surface area contributed by atoms with E-state index in [4.69, 9.17) is 37.4 Å². The monoisotopic (exact) mass is 528 g/mol. The van der Waals surface area contributed by atoms with Gasteiger partial charge in [0, 0.05) is 6.20 Å². The predicted molar refractivity (Wildman–Crippen MR) is 135 cm³/mol. The van der Waals surface area contributed by atoms with Crippen LogP contribution >= 0.6 is 23.2 Å². The van der Waals surface area contributed by atoms with E-state index >= 15 is 0 Å². The predicted octanol–water partition coefficient (Wildman–Crippen LogP) is 5.04. The van der Waals surface area contributed by atoms with Crippen LogP contribution < -0.4 is 14.2 Å². The number of aliphatic hydroxyl groups is 1. The molecular weight excluding hydrogens is 507 g/mol. The average molecular weight is 529 g/mol. The Hall–Kier alpha value is -3.75. The summed E-state index contributed by atoms with van der Waals surface area (Å²) < 4.78 is 15.9. The highest BCUT2D eigenvalue weighted by molar-refractivity contribution is 6.47. The van der Waals surface area contributed by atoms with Gasteiger partial charge < -0.3 is 24.2 Å². The fourth-order valence-corrected chi connectivity index (χ4v) is 4.82. The topological polar surface area (TPSA) is 98.2 Å². The maximum absolute atomic E-state index is 13.3. The Morgan fingerprint density at radius 2 is 1.69 bits per heavy atom. The fourth-order valence-electron chi connectivity index (χ4n) is 4.13. The minimum atomic E-state index is -0.928. The molecule has 1 N–H and O–H groups in total. The second-order valence-corrected chi connectivity index (χ2v) is 8.59. The van der Waals surface area contributed by atoms with Gasteiger partial charge >= 0.3 is 0 Å². The Labute approximate surface area is 217 Å². The molecule has 0 radical (unpaired) electrons. The van der Waals surface area contributed by atoms with Crippen molar-refractivity contribution >= 4 is 40.7 Å². The summed E-state index contributed by atoms with van der Waals surface area (Å²) in [6.45, 7) is 0.0418. The molecule has 1 aromatic heterocycles. The van der Waals surface area contributed by atoms with Gasteiger partial charge in [-0.15, -0.1) is 0 Å². The second-order valence-electron chi connectivity index (χ2n) is 7.81. The largest absolute Gasteiger partial charge is 0.507 e. The number of halogens is 2. The van der Waals surface area contributed by atoms with E-state index in [9.17, 15) is 14.7 Å². The number of likely N-dealkylation sites (tertiary alicyclic amines) is 1. The van der Waals surface area contributed by atoms with Gasteiger partial charge in [0.05, 0.1) is 55.8 Å². The lowest BCUT2D eigenvalue weighted by Crippen LogP contribution is -2.29. The third kappa shape index (κ3) is 4.45. The van der Waals surface area contributed by atoms with Gasteiger partial charge in [-0.25, -0.2) is 0 Å². The minimum Gasteiger partial charge on any atom is -0.507 e. The van der Waals surface area contributed by atoms with Crippen LogP contribution in [0.25, 0.3) is 5.76 Å². The standard InChI is InChI=1S/C26H22Cl2N2O6/c1-34-16-9-7-14(8-10-16)21-19(23(32)26(33)30(21)13-15-6-4-5-11-29-15)22(31)17-12-18(27)25(36-3)20(28)24(17)35-2/h4-12,21,31H,13H2,1-3H3/b22-19+. The van der Waals surface area contributed by atoms with E-state index < -0.39 is 23.5 Å². The quantitative estimate of drug-likeness (QED) is 0.260. The Morgan fingerprint density at radius 1 is 1.00 bits per heavy atom. The minimum absolute atomic E-state index is 0.0118. The number of aliphatic hydroxyl groups excluding tert-OH is 1. The number of rotatable bonds is 7. The van der Waals surface area contributed by atoms with Crippen molar-refractivity contribution in [3.05, 3.63) is 87.2 Å². The molecule has 186 valence electrons. The number of amides is 1.